The molecule has 404 valence electrons. The van der Waals surface area contributed by atoms with Crippen molar-refractivity contribution in [1.82, 2.24) is 26.2 Å². The molecule has 2 aliphatic rings. The van der Waals surface area contributed by atoms with Crippen LogP contribution in [0.1, 0.15) is 51.1 Å². The fraction of sp³-hybridized carbons (Fsp3) is 0.312. The molecule has 0 radical (unpaired) electrons. The van der Waals surface area contributed by atoms with E-state index in [4.69, 9.17) is 85.5 Å². The number of aliphatic carboxylic acids is 1. The lowest BCUT2D eigenvalue weighted by molar-refractivity contribution is -0.192. The molecule has 3 amide bonds. The Morgan fingerprint density at radius 3 is 1.47 bits per heavy atom. The van der Waals surface area contributed by atoms with Crippen LogP contribution in [-0.2, 0) is 14.4 Å². The predicted octanol–water partition coefficient (Wildman–Crippen LogP) is 10.1. The van der Waals surface area contributed by atoms with Gasteiger partial charge in [0.05, 0.1) is 10.0 Å². The van der Waals surface area contributed by atoms with E-state index in [1.165, 1.54) is 30.3 Å². The first-order chi connectivity index (χ1) is 35.1. The number of amides is 3. The van der Waals surface area contributed by atoms with Crippen molar-refractivity contribution in [3.63, 3.8) is 0 Å². The number of halogens is 9. The van der Waals surface area contributed by atoms with E-state index in [-0.39, 0.29) is 74.2 Å². The second kappa shape index (κ2) is 27.8. The van der Waals surface area contributed by atoms with E-state index in [0.717, 1.165) is 56.3 Å². The third kappa shape index (κ3) is 18.8. The minimum absolute atomic E-state index is 0. The number of carboxylic acid groups (broad SMARTS) is 2. The third-order valence-electron chi connectivity index (χ3n) is 10.8. The standard InChI is InChI=1S/C23H22Cl2FN3O4.C14H19ClFN3O2.C9H5ClO3.C2HF3O2.3H2/c24-16-1-4-20-15(9-16)10-21(33-20)23(31)27-12-14-5-7-29(8-6-14)28-22(30)13-32-17-2-3-18(25)19(26)11-17;15-12-2-1-11(7-13(12)16)21-9-14(20)18-19-5-3-10(8-17)4-6-19;10-6-1-2-7-5(3-6)4-8(13-7)9(11)12;3-2(4,5)1(6)7;;;/h1-4,9-11,14H,5-8,12-13H2,(H,27,31)(H,28,30);1-2,7,10H,3-6,8-9,17H2,(H,18,20);1-4H,(H,11,12);(H,6,7);3*1H. The molecule has 26 heteroatoms. The van der Waals surface area contributed by atoms with E-state index in [1.807, 2.05) is 10.0 Å². The Morgan fingerprint density at radius 2 is 1.07 bits per heavy atom. The van der Waals surface area contributed by atoms with E-state index in [1.54, 1.807) is 42.5 Å². The lowest BCUT2D eigenvalue weighted by Crippen LogP contribution is -2.49. The Balaban J connectivity index is 0.000000394. The van der Waals surface area contributed by atoms with E-state index in [2.05, 4.69) is 16.2 Å². The van der Waals surface area contributed by atoms with E-state index in [0.29, 0.717) is 58.7 Å². The Hall–Kier alpha value is -6.40. The number of alkyl halides is 3. The molecular weight excluding hydrogens is 1070 g/mol. The summed E-state index contributed by atoms with van der Waals surface area (Å²) in [4.78, 5) is 55.7. The summed E-state index contributed by atoms with van der Waals surface area (Å²) < 4.78 is 79.5. The number of nitrogens with two attached hydrogens (primary N) is 1. The summed E-state index contributed by atoms with van der Waals surface area (Å²) in [6.07, 6.45) is -1.53. The van der Waals surface area contributed by atoms with E-state index in [9.17, 15) is 41.1 Å². The molecule has 4 aromatic carbocycles. The molecule has 0 atom stereocenters. The number of carbonyl (C=O) groups excluding carboxylic acids is 3. The maximum atomic E-state index is 13.4. The number of rotatable bonds is 13. The molecular formula is C48H53Cl4F5N6O11. The summed E-state index contributed by atoms with van der Waals surface area (Å²) >= 11 is 22.9. The molecule has 2 aromatic heterocycles. The SMILES string of the molecule is NCC1CCN(NC(=O)COc2ccc(Cl)c(F)c2)CC1.O=C(COc1ccc(Cl)c(F)c1)NN1CCC(CNC(=O)c2cc3cc(Cl)ccc3o2)CC1.O=C(O)C(F)(F)F.O=C(O)c1cc2cc(Cl)ccc2o1.[HH].[HH].[HH]. The zero-order chi connectivity index (χ0) is 54.1. The molecule has 2 aliphatic heterocycles. The zero-order valence-electron chi connectivity index (χ0n) is 38.7. The van der Waals surface area contributed by atoms with Crippen LogP contribution in [-0.4, -0.2) is 109 Å². The highest BCUT2D eigenvalue weighted by molar-refractivity contribution is 6.32. The van der Waals surface area contributed by atoms with Gasteiger partial charge in [-0.3, -0.25) is 25.2 Å². The van der Waals surface area contributed by atoms with Crippen molar-refractivity contribution in [3.05, 3.63) is 128 Å². The topological polar surface area (TPSA) is 239 Å². The maximum Gasteiger partial charge on any atom is 0.490 e. The fourth-order valence-electron chi connectivity index (χ4n) is 6.95. The number of nitrogens with one attached hydrogen (secondary N) is 3. The first kappa shape index (κ1) is 58.5. The second-order valence-corrected chi connectivity index (χ2v) is 18.0. The quantitative estimate of drug-likeness (QED) is 0.0590. The van der Waals surface area contributed by atoms with Crippen LogP contribution in [0.15, 0.2) is 93.8 Å². The largest absolute Gasteiger partial charge is 0.490 e. The number of ether oxygens (including phenoxy) is 2. The molecule has 0 aliphatic carbocycles. The number of hydrogen-bond acceptors (Lipinski definition) is 12. The molecule has 17 nitrogen and oxygen atoms in total. The number of piperidine rings is 2. The highest BCUT2D eigenvalue weighted by atomic mass is 35.5. The molecule has 7 N–H and O–H groups in total. The fourth-order valence-corrected chi connectivity index (χ4v) is 7.54. The van der Waals surface area contributed by atoms with Crippen LogP contribution in [0.5, 0.6) is 11.5 Å². The summed E-state index contributed by atoms with van der Waals surface area (Å²) in [5, 5.41) is 25.0. The van der Waals surface area contributed by atoms with Crippen molar-refractivity contribution < 1.29 is 78.7 Å². The van der Waals surface area contributed by atoms with Gasteiger partial charge in [0.1, 0.15) is 34.3 Å². The van der Waals surface area contributed by atoms with Gasteiger partial charge in [0, 0.05) is 70.0 Å². The van der Waals surface area contributed by atoms with Crippen molar-refractivity contribution in [3.8, 4) is 11.5 Å². The lowest BCUT2D eigenvalue weighted by atomic mass is 9.98. The van der Waals surface area contributed by atoms with Gasteiger partial charge in [0.15, 0.2) is 19.0 Å². The molecule has 2 fully saturated rings. The van der Waals surface area contributed by atoms with Crippen molar-refractivity contribution in [2.45, 2.75) is 31.9 Å². The maximum absolute atomic E-state index is 13.4. The number of nitrogens with zero attached hydrogens (tertiary/aromatic N) is 2. The summed E-state index contributed by atoms with van der Waals surface area (Å²) in [5.41, 5.74) is 12.3. The van der Waals surface area contributed by atoms with Gasteiger partial charge in [-0.05, 0) is 117 Å². The van der Waals surface area contributed by atoms with Crippen molar-refractivity contribution >= 4 is 98.0 Å². The van der Waals surface area contributed by atoms with Crippen molar-refractivity contribution in [2.24, 2.45) is 17.6 Å². The Labute approximate surface area is 442 Å². The number of hydrazine groups is 2. The average molecular weight is 1130 g/mol. The Kier molecular flexibility index (Phi) is 21.9. The van der Waals surface area contributed by atoms with Gasteiger partial charge in [0.2, 0.25) is 5.76 Å². The average Bonchev–Trinajstić information content (AvgIpc) is 4.00. The number of hydrogen-bond donors (Lipinski definition) is 6. The van der Waals surface area contributed by atoms with E-state index < -0.39 is 29.7 Å². The molecule has 0 unspecified atom stereocenters. The number of fused-ring (bicyclic) bond motifs is 2. The molecule has 0 saturated carbocycles. The highest BCUT2D eigenvalue weighted by Crippen LogP contribution is 2.26. The number of aromatic carboxylic acids is 1. The van der Waals surface area contributed by atoms with Gasteiger partial charge in [-0.2, -0.15) is 13.2 Å². The lowest BCUT2D eigenvalue weighted by Gasteiger charge is -2.31. The first-order valence-corrected chi connectivity index (χ1v) is 23.7. The van der Waals surface area contributed by atoms with Crippen LogP contribution in [0.25, 0.3) is 21.9 Å². The van der Waals surface area contributed by atoms with Gasteiger partial charge >= 0.3 is 18.1 Å². The monoisotopic (exact) mass is 1120 g/mol. The first-order valence-electron chi connectivity index (χ1n) is 22.2. The Morgan fingerprint density at radius 1 is 0.649 bits per heavy atom. The molecule has 0 spiro atoms. The minimum Gasteiger partial charge on any atom is -0.484 e. The molecule has 2 saturated heterocycles. The van der Waals surface area contributed by atoms with Crippen LogP contribution >= 0.6 is 46.4 Å². The van der Waals surface area contributed by atoms with Crippen LogP contribution in [0.2, 0.25) is 20.1 Å². The van der Waals surface area contributed by atoms with Crippen LogP contribution in [0.4, 0.5) is 22.0 Å². The number of benzene rings is 4. The van der Waals surface area contributed by atoms with Gasteiger partial charge in [-0.1, -0.05) is 46.4 Å². The molecule has 0 bridgehead atoms. The van der Waals surface area contributed by atoms with Crippen LogP contribution in [0.3, 0.4) is 0 Å². The van der Waals surface area contributed by atoms with Crippen molar-refractivity contribution in [1.29, 1.82) is 0 Å². The second-order valence-electron chi connectivity index (χ2n) is 16.3. The van der Waals surface area contributed by atoms with Crippen LogP contribution in [0, 0.1) is 23.5 Å². The molecule has 74 heavy (non-hydrogen) atoms. The van der Waals surface area contributed by atoms with Crippen molar-refractivity contribution in [2.75, 3.05) is 52.5 Å². The molecule has 6 aromatic rings. The minimum atomic E-state index is -5.08. The Bertz CT molecular complexity index is 2910. The van der Waals surface area contributed by atoms with Crippen LogP contribution < -0.4 is 31.4 Å². The van der Waals surface area contributed by atoms with Gasteiger partial charge in [0.25, 0.3) is 17.7 Å². The predicted molar refractivity (Wildman–Crippen MR) is 270 cm³/mol. The van der Waals surface area contributed by atoms with Gasteiger partial charge < -0.3 is 39.6 Å². The summed E-state index contributed by atoms with van der Waals surface area (Å²) in [7, 11) is 0. The van der Waals surface area contributed by atoms with E-state index >= 15 is 0 Å². The normalized spacial score (nSPS) is 14.3. The number of furan rings is 2. The zero-order valence-corrected chi connectivity index (χ0v) is 41.7. The summed E-state index contributed by atoms with van der Waals surface area (Å²) in [6.45, 7) is 3.65. The summed E-state index contributed by atoms with van der Waals surface area (Å²) in [5.74, 6) is -4.38. The smallest absolute Gasteiger partial charge is 0.484 e. The third-order valence-corrected chi connectivity index (χ3v) is 11.9. The van der Waals surface area contributed by atoms with Gasteiger partial charge in [-0.25, -0.2) is 28.4 Å². The number of carboxylic acids is 2. The molecule has 8 rings (SSSR count). The highest BCUT2D eigenvalue weighted by Gasteiger charge is 2.38. The van der Waals surface area contributed by atoms with Gasteiger partial charge in [-0.15, -0.1) is 0 Å². The number of carbonyl (C=O) groups is 5. The summed E-state index contributed by atoms with van der Waals surface area (Å²) in [6, 6.07) is 21.3. The molecule has 4 heterocycles.